The average Bonchev–Trinajstić information content (AvgIpc) is 2.78. The number of furan rings is 1. The van der Waals surface area contributed by atoms with Crippen molar-refractivity contribution in [3.8, 4) is 0 Å². The van der Waals surface area contributed by atoms with E-state index < -0.39 is 0 Å². The van der Waals surface area contributed by atoms with E-state index in [-0.39, 0.29) is 0 Å². The highest BCUT2D eigenvalue weighted by molar-refractivity contribution is 6.29. The molecule has 0 bridgehead atoms. The molecule has 2 rings (SSSR count). The van der Waals surface area contributed by atoms with Gasteiger partial charge in [0.15, 0.2) is 5.22 Å². The fourth-order valence-electron chi connectivity index (χ4n) is 2.41. The Morgan fingerprint density at radius 3 is 2.82 bits per heavy atom. The van der Waals surface area contributed by atoms with E-state index in [0.29, 0.717) is 17.2 Å². The third kappa shape index (κ3) is 3.24. The molecule has 1 atom stereocenters. The lowest BCUT2D eigenvalue weighted by Gasteiger charge is -2.30. The second-order valence-corrected chi connectivity index (χ2v) is 4.87. The van der Waals surface area contributed by atoms with Gasteiger partial charge in [0.2, 0.25) is 0 Å². The first-order valence-corrected chi connectivity index (χ1v) is 6.74. The van der Waals surface area contributed by atoms with Crippen LogP contribution in [0.3, 0.4) is 0 Å². The molecule has 2 heterocycles. The van der Waals surface area contributed by atoms with E-state index in [1.54, 1.807) is 6.26 Å². The highest BCUT2D eigenvalue weighted by Crippen LogP contribution is 2.34. The number of nitrogens with one attached hydrogen (secondary N) is 1. The van der Waals surface area contributed by atoms with Gasteiger partial charge in [-0.2, -0.15) is 0 Å². The minimum Gasteiger partial charge on any atom is -0.453 e. The number of halogens is 1. The molecule has 1 N–H and O–H groups in total. The summed E-state index contributed by atoms with van der Waals surface area (Å²) in [6.07, 6.45) is 4.96. The molecule has 0 spiro atoms. The molecular formula is C13H20ClNO2. The van der Waals surface area contributed by atoms with Crippen LogP contribution in [0.1, 0.15) is 37.8 Å². The lowest BCUT2D eigenvalue weighted by molar-refractivity contribution is 0.0535. The van der Waals surface area contributed by atoms with Crippen LogP contribution in [0.5, 0.6) is 0 Å². The van der Waals surface area contributed by atoms with Crippen molar-refractivity contribution in [2.75, 3.05) is 19.8 Å². The van der Waals surface area contributed by atoms with Crippen molar-refractivity contribution in [3.63, 3.8) is 0 Å². The van der Waals surface area contributed by atoms with E-state index >= 15 is 0 Å². The van der Waals surface area contributed by atoms with E-state index in [0.717, 1.165) is 44.6 Å². The van der Waals surface area contributed by atoms with Gasteiger partial charge in [0, 0.05) is 24.8 Å². The van der Waals surface area contributed by atoms with Crippen LogP contribution in [0.15, 0.2) is 16.7 Å². The number of rotatable bonds is 5. The Hall–Kier alpha value is -0.510. The predicted molar refractivity (Wildman–Crippen MR) is 68.3 cm³/mol. The molecule has 1 aromatic heterocycles. The van der Waals surface area contributed by atoms with Gasteiger partial charge in [0.25, 0.3) is 0 Å². The van der Waals surface area contributed by atoms with Crippen LogP contribution in [0.25, 0.3) is 0 Å². The lowest BCUT2D eigenvalue weighted by Crippen LogP contribution is -2.32. The van der Waals surface area contributed by atoms with Gasteiger partial charge in [0.05, 0.1) is 6.26 Å². The molecule has 0 radical (unpaired) electrons. The predicted octanol–water partition coefficient (Wildman–Crippen LogP) is 3.40. The normalized spacial score (nSPS) is 19.4. The molecule has 0 aliphatic carbocycles. The number of hydrogen-bond acceptors (Lipinski definition) is 3. The quantitative estimate of drug-likeness (QED) is 0.878. The van der Waals surface area contributed by atoms with Crippen LogP contribution in [0.4, 0.5) is 0 Å². The van der Waals surface area contributed by atoms with Crippen LogP contribution in [0.2, 0.25) is 5.22 Å². The summed E-state index contributed by atoms with van der Waals surface area (Å²) in [6.45, 7) is 4.88. The van der Waals surface area contributed by atoms with Crippen LogP contribution in [-0.4, -0.2) is 19.8 Å². The third-order valence-electron chi connectivity index (χ3n) is 3.33. The molecule has 1 fully saturated rings. The molecule has 1 aliphatic heterocycles. The summed E-state index contributed by atoms with van der Waals surface area (Å²) in [4.78, 5) is 0. The Labute approximate surface area is 107 Å². The summed E-state index contributed by atoms with van der Waals surface area (Å²) in [6, 6.07) is 2.27. The Balaban J connectivity index is 2.09. The van der Waals surface area contributed by atoms with E-state index in [1.807, 2.05) is 6.07 Å². The third-order valence-corrected chi connectivity index (χ3v) is 3.64. The molecule has 1 aromatic rings. The van der Waals surface area contributed by atoms with Gasteiger partial charge in [-0.05, 0) is 49.4 Å². The molecular weight excluding hydrogens is 238 g/mol. The van der Waals surface area contributed by atoms with Crippen molar-refractivity contribution in [3.05, 3.63) is 23.1 Å². The van der Waals surface area contributed by atoms with Crippen molar-refractivity contribution in [2.24, 2.45) is 5.92 Å². The fourth-order valence-corrected chi connectivity index (χ4v) is 2.64. The summed E-state index contributed by atoms with van der Waals surface area (Å²) in [5.41, 5.74) is 1.09. The van der Waals surface area contributed by atoms with Gasteiger partial charge in [-0.1, -0.05) is 6.92 Å². The maximum absolute atomic E-state index is 6.09. The van der Waals surface area contributed by atoms with Crippen LogP contribution >= 0.6 is 11.6 Å². The molecule has 1 unspecified atom stereocenters. The van der Waals surface area contributed by atoms with Gasteiger partial charge < -0.3 is 14.5 Å². The van der Waals surface area contributed by atoms with Crippen LogP contribution < -0.4 is 5.32 Å². The monoisotopic (exact) mass is 257 g/mol. The molecule has 0 amide bonds. The zero-order chi connectivity index (χ0) is 12.1. The van der Waals surface area contributed by atoms with Crippen molar-refractivity contribution in [1.82, 2.24) is 5.32 Å². The highest BCUT2D eigenvalue weighted by Gasteiger charge is 2.27. The zero-order valence-corrected chi connectivity index (χ0v) is 11.0. The zero-order valence-electron chi connectivity index (χ0n) is 10.2. The highest BCUT2D eigenvalue weighted by atomic mass is 35.5. The molecule has 17 heavy (non-hydrogen) atoms. The Kier molecular flexibility index (Phi) is 4.89. The fraction of sp³-hybridized carbons (Fsp3) is 0.692. The van der Waals surface area contributed by atoms with E-state index in [1.165, 1.54) is 0 Å². The molecule has 4 heteroatoms. The van der Waals surface area contributed by atoms with Gasteiger partial charge in [-0.25, -0.2) is 0 Å². The maximum atomic E-state index is 6.09. The second-order valence-electron chi connectivity index (χ2n) is 4.53. The average molecular weight is 258 g/mol. The van der Waals surface area contributed by atoms with Crippen LogP contribution in [0, 0.1) is 5.92 Å². The molecule has 1 saturated heterocycles. The molecule has 0 saturated carbocycles. The summed E-state index contributed by atoms with van der Waals surface area (Å²) in [7, 11) is 0. The van der Waals surface area contributed by atoms with Crippen molar-refractivity contribution in [1.29, 1.82) is 0 Å². The lowest BCUT2D eigenvalue weighted by atomic mass is 9.88. The summed E-state index contributed by atoms with van der Waals surface area (Å²) in [5, 5.41) is 4.10. The smallest absolute Gasteiger partial charge is 0.197 e. The molecule has 0 aromatic carbocycles. The number of hydrogen-bond donors (Lipinski definition) is 1. The van der Waals surface area contributed by atoms with E-state index in [4.69, 9.17) is 20.8 Å². The first-order chi connectivity index (χ1) is 8.33. The SMILES string of the molecule is CCCNC(c1ccoc1Cl)C1CCOCC1. The minimum atomic E-state index is 0.296. The Morgan fingerprint density at radius 1 is 1.47 bits per heavy atom. The van der Waals surface area contributed by atoms with Gasteiger partial charge in [-0.15, -0.1) is 0 Å². The summed E-state index contributed by atoms with van der Waals surface area (Å²) >= 11 is 6.09. The van der Waals surface area contributed by atoms with E-state index in [2.05, 4.69) is 12.2 Å². The summed E-state index contributed by atoms with van der Waals surface area (Å²) < 4.78 is 10.6. The second kappa shape index (κ2) is 6.43. The maximum Gasteiger partial charge on any atom is 0.197 e. The molecule has 96 valence electrons. The Bertz CT molecular complexity index is 334. The number of ether oxygens (including phenoxy) is 1. The molecule has 3 nitrogen and oxygen atoms in total. The largest absolute Gasteiger partial charge is 0.453 e. The van der Waals surface area contributed by atoms with Crippen LogP contribution in [-0.2, 0) is 4.74 Å². The Morgan fingerprint density at radius 2 is 2.24 bits per heavy atom. The standard InChI is InChI=1S/C13H20ClNO2/c1-2-6-15-12(10-3-7-16-8-4-10)11-5-9-17-13(11)14/h5,9-10,12,15H,2-4,6-8H2,1H3. The van der Waals surface area contributed by atoms with Gasteiger partial charge in [-0.3, -0.25) is 0 Å². The topological polar surface area (TPSA) is 34.4 Å². The summed E-state index contributed by atoms with van der Waals surface area (Å²) in [5.74, 6) is 0.588. The first kappa shape index (κ1) is 12.9. The van der Waals surface area contributed by atoms with Gasteiger partial charge >= 0.3 is 0 Å². The van der Waals surface area contributed by atoms with Crippen molar-refractivity contribution >= 4 is 11.6 Å². The first-order valence-electron chi connectivity index (χ1n) is 6.37. The van der Waals surface area contributed by atoms with Crippen molar-refractivity contribution in [2.45, 2.75) is 32.2 Å². The minimum absolute atomic E-state index is 0.296. The van der Waals surface area contributed by atoms with E-state index in [9.17, 15) is 0 Å². The van der Waals surface area contributed by atoms with Crippen molar-refractivity contribution < 1.29 is 9.15 Å². The van der Waals surface area contributed by atoms with Gasteiger partial charge in [0.1, 0.15) is 0 Å². The molecule has 1 aliphatic rings.